The molecule has 11 heteroatoms. The van der Waals surface area contributed by atoms with Gasteiger partial charge in [-0.3, -0.25) is 20.3 Å². The molecular formula is C27H24N4O6S. The molecule has 0 aromatic heterocycles. The van der Waals surface area contributed by atoms with Crippen LogP contribution < -0.4 is 19.6 Å². The normalized spacial score (nSPS) is 11.2. The van der Waals surface area contributed by atoms with E-state index in [2.05, 4.69) is 15.2 Å². The van der Waals surface area contributed by atoms with Crippen LogP contribution in [0.4, 0.5) is 17.1 Å². The number of nitrogens with zero attached hydrogens (tertiary/aromatic N) is 2. The first-order valence-electron chi connectivity index (χ1n) is 11.4. The van der Waals surface area contributed by atoms with Crippen LogP contribution in [-0.4, -0.2) is 26.7 Å². The number of nitro groups is 1. The first-order chi connectivity index (χ1) is 18.4. The molecule has 4 aromatic carbocycles. The van der Waals surface area contributed by atoms with Crippen LogP contribution in [0.1, 0.15) is 11.1 Å². The van der Waals surface area contributed by atoms with E-state index < -0.39 is 20.6 Å². The quantitative estimate of drug-likeness (QED) is 0.150. The van der Waals surface area contributed by atoms with Crippen molar-refractivity contribution in [3.8, 4) is 11.5 Å². The summed E-state index contributed by atoms with van der Waals surface area (Å²) in [5.41, 5.74) is 4.13. The second kappa shape index (κ2) is 11.9. The average Bonchev–Trinajstić information content (AvgIpc) is 2.93. The van der Waals surface area contributed by atoms with Crippen LogP contribution >= 0.6 is 0 Å². The lowest BCUT2D eigenvalue weighted by Crippen LogP contribution is -2.14. The molecule has 0 aliphatic carbocycles. The summed E-state index contributed by atoms with van der Waals surface area (Å²) in [5, 5.41) is 15.8. The molecule has 0 spiro atoms. The van der Waals surface area contributed by atoms with Crippen molar-refractivity contribution in [3.05, 3.63) is 118 Å². The highest BCUT2D eigenvalue weighted by molar-refractivity contribution is 7.92. The van der Waals surface area contributed by atoms with Crippen molar-refractivity contribution in [2.75, 3.05) is 17.3 Å². The molecule has 0 bridgehead atoms. The molecule has 0 aliphatic rings. The Morgan fingerprint density at radius 1 is 0.921 bits per heavy atom. The third-order valence-electron chi connectivity index (χ3n) is 5.33. The number of nitro benzene ring substituents is 1. The number of hydrogen-bond donors (Lipinski definition) is 2. The standard InChI is InChI=1S/C27H24N4O6S/c1-36-27-13-6-5-12-25(27)30-38(34,35)23-14-15-24(26(17-23)31(32)33)29-28-18-21-10-7-11-22(16-21)37-19-20-8-3-2-4-9-20/h2-18,29-30H,19H2,1H3. The van der Waals surface area contributed by atoms with Crippen molar-refractivity contribution in [2.24, 2.45) is 5.10 Å². The summed E-state index contributed by atoms with van der Waals surface area (Å²) < 4.78 is 39.1. The van der Waals surface area contributed by atoms with Crippen LogP contribution in [0.5, 0.6) is 11.5 Å². The monoisotopic (exact) mass is 532 g/mol. The van der Waals surface area contributed by atoms with Crippen LogP contribution in [-0.2, 0) is 16.6 Å². The fraction of sp³-hybridized carbons (Fsp3) is 0.0741. The average molecular weight is 533 g/mol. The van der Waals surface area contributed by atoms with Crippen molar-refractivity contribution in [1.29, 1.82) is 0 Å². The van der Waals surface area contributed by atoms with Gasteiger partial charge in [-0.25, -0.2) is 8.42 Å². The molecular weight excluding hydrogens is 508 g/mol. The molecule has 2 N–H and O–H groups in total. The summed E-state index contributed by atoms with van der Waals surface area (Å²) >= 11 is 0. The van der Waals surface area contributed by atoms with E-state index in [0.29, 0.717) is 23.7 Å². The summed E-state index contributed by atoms with van der Waals surface area (Å²) in [7, 11) is -2.72. The van der Waals surface area contributed by atoms with Gasteiger partial charge in [0.05, 0.1) is 28.8 Å². The first kappa shape index (κ1) is 26.2. The van der Waals surface area contributed by atoms with Crippen LogP contribution in [0.2, 0.25) is 0 Å². The van der Waals surface area contributed by atoms with Gasteiger partial charge in [0.2, 0.25) is 0 Å². The van der Waals surface area contributed by atoms with Gasteiger partial charge in [-0.15, -0.1) is 0 Å². The fourth-order valence-electron chi connectivity index (χ4n) is 3.46. The molecule has 0 amide bonds. The number of methoxy groups -OCH3 is 1. The van der Waals surface area contributed by atoms with E-state index in [0.717, 1.165) is 11.6 Å². The third-order valence-corrected chi connectivity index (χ3v) is 6.70. The van der Waals surface area contributed by atoms with Gasteiger partial charge in [-0.05, 0) is 47.5 Å². The molecule has 0 saturated heterocycles. The molecule has 0 fully saturated rings. The van der Waals surface area contributed by atoms with E-state index in [-0.39, 0.29) is 16.3 Å². The van der Waals surface area contributed by atoms with Gasteiger partial charge in [0.25, 0.3) is 15.7 Å². The number of rotatable bonds is 11. The lowest BCUT2D eigenvalue weighted by atomic mass is 10.2. The molecule has 0 unspecified atom stereocenters. The van der Waals surface area contributed by atoms with Gasteiger partial charge in [0, 0.05) is 6.07 Å². The largest absolute Gasteiger partial charge is 0.495 e. The molecule has 4 rings (SSSR count). The van der Waals surface area contributed by atoms with E-state index in [9.17, 15) is 18.5 Å². The summed E-state index contributed by atoms with van der Waals surface area (Å²) in [4.78, 5) is 10.7. The molecule has 0 saturated carbocycles. The Morgan fingerprint density at radius 2 is 1.68 bits per heavy atom. The number of benzene rings is 4. The summed E-state index contributed by atoms with van der Waals surface area (Å²) in [6.07, 6.45) is 1.48. The van der Waals surface area contributed by atoms with Gasteiger partial charge in [-0.2, -0.15) is 5.10 Å². The van der Waals surface area contributed by atoms with E-state index in [4.69, 9.17) is 9.47 Å². The first-order valence-corrected chi connectivity index (χ1v) is 12.8. The van der Waals surface area contributed by atoms with Gasteiger partial charge in [0.1, 0.15) is 23.8 Å². The van der Waals surface area contributed by atoms with Crippen molar-refractivity contribution < 1.29 is 22.8 Å². The Morgan fingerprint density at radius 3 is 2.45 bits per heavy atom. The molecule has 0 heterocycles. The Bertz CT molecular complexity index is 1560. The van der Waals surface area contributed by atoms with Gasteiger partial charge in [0.15, 0.2) is 0 Å². The smallest absolute Gasteiger partial charge is 0.295 e. The second-order valence-electron chi connectivity index (χ2n) is 7.96. The third kappa shape index (κ3) is 6.65. The minimum atomic E-state index is -4.13. The maximum absolute atomic E-state index is 12.9. The molecule has 0 atom stereocenters. The minimum Gasteiger partial charge on any atom is -0.495 e. The van der Waals surface area contributed by atoms with E-state index in [1.807, 2.05) is 36.4 Å². The number of hydrogen-bond acceptors (Lipinski definition) is 8. The highest BCUT2D eigenvalue weighted by Gasteiger charge is 2.22. The van der Waals surface area contributed by atoms with Crippen molar-refractivity contribution in [3.63, 3.8) is 0 Å². The van der Waals surface area contributed by atoms with Crippen LogP contribution in [0, 0.1) is 10.1 Å². The maximum Gasteiger partial charge on any atom is 0.295 e. The lowest BCUT2D eigenvalue weighted by molar-refractivity contribution is -0.384. The number of ether oxygens (including phenoxy) is 2. The zero-order valence-electron chi connectivity index (χ0n) is 20.3. The van der Waals surface area contributed by atoms with Crippen LogP contribution in [0.25, 0.3) is 0 Å². The predicted octanol–water partition coefficient (Wildman–Crippen LogP) is 5.43. The Labute approximate surface area is 219 Å². The summed E-state index contributed by atoms with van der Waals surface area (Å²) in [6.45, 7) is 0.410. The Kier molecular flexibility index (Phi) is 8.19. The van der Waals surface area contributed by atoms with Gasteiger partial charge >= 0.3 is 0 Å². The van der Waals surface area contributed by atoms with E-state index in [1.165, 1.54) is 31.5 Å². The predicted molar refractivity (Wildman–Crippen MR) is 145 cm³/mol. The molecule has 4 aromatic rings. The molecule has 38 heavy (non-hydrogen) atoms. The molecule has 194 valence electrons. The Balaban J connectivity index is 1.47. The van der Waals surface area contributed by atoms with Crippen molar-refractivity contribution in [1.82, 2.24) is 0 Å². The number of anilines is 2. The highest BCUT2D eigenvalue weighted by atomic mass is 32.2. The summed E-state index contributed by atoms with van der Waals surface area (Å²) in [5.74, 6) is 0.952. The van der Waals surface area contributed by atoms with Crippen molar-refractivity contribution >= 4 is 33.3 Å². The van der Waals surface area contributed by atoms with Crippen molar-refractivity contribution in [2.45, 2.75) is 11.5 Å². The second-order valence-corrected chi connectivity index (χ2v) is 9.64. The Hall–Kier alpha value is -4.90. The fourth-order valence-corrected chi connectivity index (χ4v) is 4.55. The molecule has 10 nitrogen and oxygen atoms in total. The van der Waals surface area contributed by atoms with Crippen LogP contribution in [0.3, 0.4) is 0 Å². The summed E-state index contributed by atoms with van der Waals surface area (Å²) in [6, 6.07) is 26.9. The van der Waals surface area contributed by atoms with Gasteiger partial charge in [-0.1, -0.05) is 54.6 Å². The SMILES string of the molecule is COc1ccccc1NS(=O)(=O)c1ccc(NN=Cc2cccc(OCc3ccccc3)c2)c([N+](=O)[O-])c1. The highest BCUT2D eigenvalue weighted by Crippen LogP contribution is 2.30. The topological polar surface area (TPSA) is 132 Å². The lowest BCUT2D eigenvalue weighted by Gasteiger charge is -2.12. The number of hydrazone groups is 1. The van der Waals surface area contributed by atoms with Crippen LogP contribution in [0.15, 0.2) is 107 Å². The number of sulfonamides is 1. The van der Waals surface area contributed by atoms with Gasteiger partial charge < -0.3 is 9.47 Å². The zero-order valence-corrected chi connectivity index (χ0v) is 21.1. The number of nitrogens with one attached hydrogen (secondary N) is 2. The van der Waals surface area contributed by atoms with E-state index in [1.54, 1.807) is 36.4 Å². The molecule has 0 radical (unpaired) electrons. The zero-order chi connectivity index (χ0) is 27.0. The molecule has 0 aliphatic heterocycles. The maximum atomic E-state index is 12.9. The van der Waals surface area contributed by atoms with E-state index >= 15 is 0 Å². The minimum absolute atomic E-state index is 0.0268. The number of para-hydroxylation sites is 2.